The molecule has 1 rings (SSSR count). The number of aliphatic hydroxyl groups excluding tert-OH is 1. The van der Waals surface area contributed by atoms with E-state index >= 15 is 0 Å². The fourth-order valence-corrected chi connectivity index (χ4v) is 2.06. The minimum absolute atomic E-state index is 0.227. The molecule has 0 bridgehead atoms. The first kappa shape index (κ1) is 14.5. The lowest BCUT2D eigenvalue weighted by molar-refractivity contribution is 0.262. The molecule has 0 aromatic heterocycles. The van der Waals surface area contributed by atoms with Crippen LogP contribution in [0.15, 0.2) is 22.7 Å². The van der Waals surface area contributed by atoms with Gasteiger partial charge in [-0.2, -0.15) is 0 Å². The lowest BCUT2D eigenvalue weighted by Gasteiger charge is -2.16. The fraction of sp³-hybridized carbons (Fsp3) is 0.538. The first-order valence-electron chi connectivity index (χ1n) is 5.88. The van der Waals surface area contributed by atoms with Gasteiger partial charge in [0.15, 0.2) is 0 Å². The van der Waals surface area contributed by atoms with Crippen molar-refractivity contribution < 1.29 is 9.84 Å². The molecular weight excluding hydrogens is 282 g/mol. The zero-order chi connectivity index (χ0) is 12.7. The van der Waals surface area contributed by atoms with Crippen molar-refractivity contribution in [1.29, 1.82) is 0 Å². The van der Waals surface area contributed by atoms with E-state index in [2.05, 4.69) is 28.2 Å². The Kier molecular flexibility index (Phi) is 6.55. The van der Waals surface area contributed by atoms with Gasteiger partial charge < -0.3 is 15.2 Å². The van der Waals surface area contributed by atoms with Gasteiger partial charge >= 0.3 is 0 Å². The Bertz CT molecular complexity index is 344. The maximum Gasteiger partial charge on any atom is 0.119 e. The number of methoxy groups -OCH3 is 1. The van der Waals surface area contributed by atoms with E-state index in [1.54, 1.807) is 7.11 Å². The molecule has 96 valence electrons. The van der Waals surface area contributed by atoms with Crippen LogP contribution in [0.5, 0.6) is 5.75 Å². The summed E-state index contributed by atoms with van der Waals surface area (Å²) >= 11 is 3.53. The Morgan fingerprint density at radius 2 is 2.24 bits per heavy atom. The Morgan fingerprint density at radius 3 is 2.82 bits per heavy atom. The van der Waals surface area contributed by atoms with Crippen LogP contribution < -0.4 is 10.1 Å². The van der Waals surface area contributed by atoms with Crippen LogP contribution in [0.25, 0.3) is 0 Å². The minimum atomic E-state index is 0.227. The van der Waals surface area contributed by atoms with Gasteiger partial charge in [0.2, 0.25) is 0 Å². The predicted octanol–water partition coefficient (Wildman–Crippen LogP) is 2.71. The van der Waals surface area contributed by atoms with Crippen molar-refractivity contribution in [1.82, 2.24) is 5.32 Å². The molecule has 0 fully saturated rings. The molecule has 0 amide bonds. The second-order valence-corrected chi connectivity index (χ2v) is 4.81. The number of ether oxygens (including phenoxy) is 1. The zero-order valence-corrected chi connectivity index (χ0v) is 12.0. The lowest BCUT2D eigenvalue weighted by atomic mass is 10.1. The highest BCUT2D eigenvalue weighted by Crippen LogP contribution is 2.22. The van der Waals surface area contributed by atoms with Gasteiger partial charge in [0.1, 0.15) is 5.75 Å². The summed E-state index contributed by atoms with van der Waals surface area (Å²) in [6, 6.07) is 6.29. The van der Waals surface area contributed by atoms with Crippen LogP contribution in [0.3, 0.4) is 0 Å². The van der Waals surface area contributed by atoms with Crippen molar-refractivity contribution in [2.75, 3.05) is 13.7 Å². The summed E-state index contributed by atoms with van der Waals surface area (Å²) in [6.45, 7) is 3.12. The minimum Gasteiger partial charge on any atom is -0.497 e. The van der Waals surface area contributed by atoms with Gasteiger partial charge in [-0.1, -0.05) is 22.9 Å². The number of rotatable bonds is 7. The van der Waals surface area contributed by atoms with Gasteiger partial charge in [-0.3, -0.25) is 0 Å². The first-order valence-corrected chi connectivity index (χ1v) is 6.67. The number of benzene rings is 1. The predicted molar refractivity (Wildman–Crippen MR) is 73.3 cm³/mol. The van der Waals surface area contributed by atoms with Crippen LogP contribution in [0, 0.1) is 0 Å². The van der Waals surface area contributed by atoms with Crippen molar-refractivity contribution in [3.05, 3.63) is 28.2 Å². The molecule has 4 heteroatoms. The molecule has 3 nitrogen and oxygen atoms in total. The molecular formula is C13H20BrNO2. The van der Waals surface area contributed by atoms with Gasteiger partial charge in [0, 0.05) is 23.7 Å². The fourth-order valence-electron chi connectivity index (χ4n) is 1.67. The summed E-state index contributed by atoms with van der Waals surface area (Å²) in [5.41, 5.74) is 1.17. The molecule has 0 aliphatic rings. The Hall–Kier alpha value is -0.580. The topological polar surface area (TPSA) is 41.5 Å². The summed E-state index contributed by atoms with van der Waals surface area (Å²) in [7, 11) is 1.67. The lowest BCUT2D eigenvalue weighted by Crippen LogP contribution is -2.28. The molecule has 0 saturated heterocycles. The van der Waals surface area contributed by atoms with E-state index in [1.807, 2.05) is 18.2 Å². The number of aliphatic hydroxyl groups is 1. The highest BCUT2D eigenvalue weighted by Gasteiger charge is 2.07. The van der Waals surface area contributed by atoms with Gasteiger partial charge in [0.05, 0.1) is 7.11 Å². The molecule has 2 N–H and O–H groups in total. The van der Waals surface area contributed by atoms with Crippen LogP contribution >= 0.6 is 15.9 Å². The van der Waals surface area contributed by atoms with Crippen molar-refractivity contribution in [2.24, 2.45) is 0 Å². The second kappa shape index (κ2) is 7.69. The number of hydrogen-bond donors (Lipinski definition) is 2. The number of halogens is 1. The van der Waals surface area contributed by atoms with E-state index in [4.69, 9.17) is 9.84 Å². The van der Waals surface area contributed by atoms with Crippen LogP contribution in [0.4, 0.5) is 0 Å². The highest BCUT2D eigenvalue weighted by molar-refractivity contribution is 9.10. The Morgan fingerprint density at radius 1 is 1.47 bits per heavy atom. The van der Waals surface area contributed by atoms with E-state index in [-0.39, 0.29) is 6.61 Å². The SMILES string of the molecule is CCC(CCO)NCc1cc(OC)ccc1Br. The molecule has 0 aliphatic carbocycles. The van der Waals surface area contributed by atoms with Gasteiger partial charge in [-0.15, -0.1) is 0 Å². The first-order chi connectivity index (χ1) is 8.21. The molecule has 1 aromatic carbocycles. The third kappa shape index (κ3) is 4.66. The summed E-state index contributed by atoms with van der Waals surface area (Å²) in [5.74, 6) is 0.861. The van der Waals surface area contributed by atoms with Crippen LogP contribution in [0.1, 0.15) is 25.3 Å². The van der Waals surface area contributed by atoms with E-state index < -0.39 is 0 Å². The highest BCUT2D eigenvalue weighted by atomic mass is 79.9. The summed E-state index contributed by atoms with van der Waals surface area (Å²) in [5, 5.41) is 12.4. The Balaban J connectivity index is 2.60. The van der Waals surface area contributed by atoms with Crippen molar-refractivity contribution in [3.8, 4) is 5.75 Å². The van der Waals surface area contributed by atoms with Gasteiger partial charge in [0.25, 0.3) is 0 Å². The van der Waals surface area contributed by atoms with E-state index in [9.17, 15) is 0 Å². The Labute approximate surface area is 111 Å². The maximum atomic E-state index is 8.93. The molecule has 1 atom stereocenters. The second-order valence-electron chi connectivity index (χ2n) is 3.96. The van der Waals surface area contributed by atoms with E-state index in [0.29, 0.717) is 6.04 Å². The molecule has 0 aliphatic heterocycles. The average molecular weight is 302 g/mol. The zero-order valence-electron chi connectivity index (χ0n) is 10.4. The normalized spacial score (nSPS) is 12.5. The maximum absolute atomic E-state index is 8.93. The molecule has 0 heterocycles. The monoisotopic (exact) mass is 301 g/mol. The van der Waals surface area contributed by atoms with Crippen LogP contribution in [0.2, 0.25) is 0 Å². The van der Waals surface area contributed by atoms with E-state index in [0.717, 1.165) is 29.6 Å². The summed E-state index contributed by atoms with van der Waals surface area (Å²) in [6.07, 6.45) is 1.81. The van der Waals surface area contributed by atoms with Gasteiger partial charge in [-0.25, -0.2) is 0 Å². The summed E-state index contributed by atoms with van der Waals surface area (Å²) < 4.78 is 6.28. The molecule has 0 radical (unpaired) electrons. The largest absolute Gasteiger partial charge is 0.497 e. The smallest absolute Gasteiger partial charge is 0.119 e. The molecule has 0 saturated carbocycles. The average Bonchev–Trinajstić information content (AvgIpc) is 2.36. The van der Waals surface area contributed by atoms with E-state index in [1.165, 1.54) is 5.56 Å². The van der Waals surface area contributed by atoms with Crippen molar-refractivity contribution in [2.45, 2.75) is 32.4 Å². The van der Waals surface area contributed by atoms with Crippen LogP contribution in [-0.2, 0) is 6.54 Å². The van der Waals surface area contributed by atoms with Crippen molar-refractivity contribution >= 4 is 15.9 Å². The standard InChI is InChI=1S/C13H20BrNO2/c1-3-11(6-7-16)15-9-10-8-12(17-2)4-5-13(10)14/h4-5,8,11,15-16H,3,6-7,9H2,1-2H3. The van der Waals surface area contributed by atoms with Crippen LogP contribution in [-0.4, -0.2) is 24.9 Å². The number of hydrogen-bond acceptors (Lipinski definition) is 3. The molecule has 1 unspecified atom stereocenters. The number of nitrogens with one attached hydrogen (secondary N) is 1. The quantitative estimate of drug-likeness (QED) is 0.814. The molecule has 1 aromatic rings. The third-order valence-electron chi connectivity index (χ3n) is 2.80. The molecule has 0 spiro atoms. The van der Waals surface area contributed by atoms with Crippen molar-refractivity contribution in [3.63, 3.8) is 0 Å². The summed E-state index contributed by atoms with van der Waals surface area (Å²) in [4.78, 5) is 0. The van der Waals surface area contributed by atoms with Gasteiger partial charge in [-0.05, 0) is 36.6 Å². The third-order valence-corrected chi connectivity index (χ3v) is 3.58. The molecule has 17 heavy (non-hydrogen) atoms.